The lowest BCUT2D eigenvalue weighted by molar-refractivity contribution is -0.161. The van der Waals surface area contributed by atoms with Crippen LogP contribution in [0.25, 0.3) is 0 Å². The van der Waals surface area contributed by atoms with Crippen LogP contribution in [-0.4, -0.2) is 96.7 Å². The second kappa shape index (κ2) is 78.1. The van der Waals surface area contributed by atoms with Crippen LogP contribution in [0.5, 0.6) is 0 Å². The topological polar surface area (TPSA) is 237 Å². The summed E-state index contributed by atoms with van der Waals surface area (Å²) in [6.07, 6.45) is 90.0. The maximum absolute atomic E-state index is 13.1. The predicted molar refractivity (Wildman–Crippen MR) is 436 cm³/mol. The van der Waals surface area contributed by atoms with E-state index in [-0.39, 0.29) is 25.7 Å². The molecule has 0 aliphatic heterocycles. The molecular formula is C87H146O17P2. The van der Waals surface area contributed by atoms with Crippen LogP contribution in [0.1, 0.15) is 323 Å². The summed E-state index contributed by atoms with van der Waals surface area (Å²) in [5, 5.41) is 10.6. The molecule has 3 N–H and O–H groups in total. The van der Waals surface area contributed by atoms with Gasteiger partial charge in [0.15, 0.2) is 12.2 Å². The zero-order chi connectivity index (χ0) is 77.4. The first kappa shape index (κ1) is 101. The molecule has 0 aromatic carbocycles. The molecule has 2 unspecified atom stereocenters. The van der Waals surface area contributed by atoms with Crippen molar-refractivity contribution in [2.75, 3.05) is 39.6 Å². The average Bonchev–Trinajstić information content (AvgIpc) is 0.937. The minimum absolute atomic E-state index is 0.0354. The minimum Gasteiger partial charge on any atom is -0.462 e. The molecule has 5 atom stereocenters. The van der Waals surface area contributed by atoms with Gasteiger partial charge in [0.05, 0.1) is 26.4 Å². The SMILES string of the molecule is CCCCC/C=C\C/C=C\C/C=C\C/C=C\C/C=C\CCC(=O)O[C@H](COC(=O)CCCCCCC/C=C\CCCCCC)COP(=O)(O)OC[C@H](O)COP(=O)(O)OC[C@@H](COC(=O)CCCCCCC/C=C\CCCCCCCC)OC(=O)CC/C=C\C/C=C\C/C=C\C/C=C\C/C=C\CCCCC. The van der Waals surface area contributed by atoms with E-state index in [9.17, 15) is 43.2 Å². The fourth-order valence-electron chi connectivity index (χ4n) is 10.5. The monoisotopic (exact) mass is 1530 g/mol. The van der Waals surface area contributed by atoms with Crippen LogP contribution in [0.4, 0.5) is 0 Å². The molecular weight excluding hydrogens is 1380 g/mol. The summed E-state index contributed by atoms with van der Waals surface area (Å²) >= 11 is 0. The molecule has 0 aliphatic carbocycles. The van der Waals surface area contributed by atoms with Gasteiger partial charge in [-0.2, -0.15) is 0 Å². The summed E-state index contributed by atoms with van der Waals surface area (Å²) in [5.74, 6) is -2.39. The van der Waals surface area contributed by atoms with E-state index in [4.69, 9.17) is 37.0 Å². The van der Waals surface area contributed by atoms with Crippen molar-refractivity contribution < 1.29 is 80.2 Å². The van der Waals surface area contributed by atoms with Gasteiger partial charge in [-0.3, -0.25) is 37.3 Å². The number of aliphatic hydroxyl groups is 1. The molecule has 0 aromatic rings. The van der Waals surface area contributed by atoms with Gasteiger partial charge in [0.2, 0.25) is 0 Å². The van der Waals surface area contributed by atoms with E-state index in [2.05, 4.69) is 137 Å². The largest absolute Gasteiger partial charge is 0.472 e. The molecule has 0 spiro atoms. The summed E-state index contributed by atoms with van der Waals surface area (Å²) in [5.41, 5.74) is 0. The third-order valence-electron chi connectivity index (χ3n) is 16.8. The van der Waals surface area contributed by atoms with Crippen molar-refractivity contribution in [1.82, 2.24) is 0 Å². The third-order valence-corrected chi connectivity index (χ3v) is 18.7. The number of esters is 4. The van der Waals surface area contributed by atoms with E-state index in [1.807, 2.05) is 36.5 Å². The lowest BCUT2D eigenvalue weighted by atomic mass is 10.1. The molecule has 0 fully saturated rings. The number of allylic oxidation sites excluding steroid dienone is 24. The van der Waals surface area contributed by atoms with Crippen molar-refractivity contribution in [3.05, 3.63) is 146 Å². The van der Waals surface area contributed by atoms with Crippen LogP contribution in [0.15, 0.2) is 146 Å². The lowest BCUT2D eigenvalue weighted by Crippen LogP contribution is -2.30. The van der Waals surface area contributed by atoms with Gasteiger partial charge < -0.3 is 33.8 Å². The van der Waals surface area contributed by atoms with Crippen LogP contribution in [-0.2, 0) is 65.4 Å². The summed E-state index contributed by atoms with van der Waals surface area (Å²) < 4.78 is 68.5. The quantitative estimate of drug-likeness (QED) is 0.0169. The molecule has 0 aromatic heterocycles. The Balaban J connectivity index is 5.52. The molecule has 0 aliphatic rings. The van der Waals surface area contributed by atoms with E-state index >= 15 is 0 Å². The number of hydrogen-bond donors (Lipinski definition) is 3. The summed E-state index contributed by atoms with van der Waals surface area (Å²) in [7, 11) is -10.0. The van der Waals surface area contributed by atoms with Crippen LogP contribution in [0.3, 0.4) is 0 Å². The Morgan fingerprint density at radius 2 is 0.481 bits per heavy atom. The van der Waals surface area contributed by atoms with E-state index in [0.29, 0.717) is 38.5 Å². The van der Waals surface area contributed by atoms with Gasteiger partial charge in [-0.25, -0.2) is 9.13 Å². The molecule has 0 bridgehead atoms. The number of unbranched alkanes of at least 4 members (excludes halogenated alkanes) is 26. The van der Waals surface area contributed by atoms with Crippen LogP contribution in [0.2, 0.25) is 0 Å². The maximum atomic E-state index is 13.1. The van der Waals surface area contributed by atoms with E-state index in [0.717, 1.165) is 128 Å². The van der Waals surface area contributed by atoms with Crippen LogP contribution in [0, 0.1) is 0 Å². The number of carbonyl (C=O) groups excluding carboxylic acids is 4. The molecule has 606 valence electrons. The van der Waals surface area contributed by atoms with Gasteiger partial charge in [-0.05, 0) is 154 Å². The Morgan fingerprint density at radius 3 is 0.783 bits per heavy atom. The number of carbonyl (C=O) groups is 4. The first-order valence-corrected chi connectivity index (χ1v) is 44.1. The smallest absolute Gasteiger partial charge is 0.462 e. The van der Waals surface area contributed by atoms with E-state index < -0.39 is 97.5 Å². The van der Waals surface area contributed by atoms with Gasteiger partial charge >= 0.3 is 39.5 Å². The van der Waals surface area contributed by atoms with Gasteiger partial charge in [0, 0.05) is 25.7 Å². The molecule has 0 saturated heterocycles. The molecule has 0 rings (SSSR count). The van der Waals surface area contributed by atoms with Gasteiger partial charge in [-0.15, -0.1) is 0 Å². The molecule has 0 radical (unpaired) electrons. The molecule has 0 saturated carbocycles. The highest BCUT2D eigenvalue weighted by Gasteiger charge is 2.30. The van der Waals surface area contributed by atoms with Crippen molar-refractivity contribution in [2.24, 2.45) is 0 Å². The first-order chi connectivity index (χ1) is 51.7. The number of phosphoric acid groups is 2. The second-order valence-corrected chi connectivity index (χ2v) is 29.9. The van der Waals surface area contributed by atoms with E-state index in [1.54, 1.807) is 0 Å². The Kier molecular flexibility index (Phi) is 74.3. The Morgan fingerprint density at radius 1 is 0.264 bits per heavy atom. The van der Waals surface area contributed by atoms with Crippen molar-refractivity contribution >= 4 is 39.5 Å². The predicted octanol–water partition coefficient (Wildman–Crippen LogP) is 24.2. The van der Waals surface area contributed by atoms with Crippen LogP contribution < -0.4 is 0 Å². The van der Waals surface area contributed by atoms with Crippen molar-refractivity contribution in [2.45, 2.75) is 341 Å². The average molecular weight is 1530 g/mol. The Bertz CT molecular complexity index is 2580. The molecule has 19 heteroatoms. The van der Waals surface area contributed by atoms with E-state index in [1.165, 1.54) is 103 Å². The van der Waals surface area contributed by atoms with Gasteiger partial charge in [-0.1, -0.05) is 289 Å². The second-order valence-electron chi connectivity index (χ2n) is 27.0. The number of aliphatic hydroxyl groups excluding tert-OH is 1. The Labute approximate surface area is 643 Å². The standard InChI is InChI=1S/C87H146O17P2/c1-5-9-13-17-21-25-29-33-36-38-40-42-45-49-53-57-61-65-69-73-86(91)103-82(77-97-84(89)71-67-63-59-55-51-47-32-28-24-20-16-12-8-4)79-101-105(93,94)99-75-81(88)76-100-106(95,96)102-80-83(78-98-85(90)72-68-64-60-56-52-48-44-35-31-27-23-19-15-11-7-3)104-87(92)74-70-66-62-58-54-50-46-43-41-39-37-34-30-26-22-18-14-10-6-2/h21-22,25-26,28,32-37,40-44,49-50,53-54,61-62,65-66,81-83,88H,5-20,23-24,27,29-31,38-39,45-48,51-52,55-60,63-64,67-80H2,1-4H3,(H,93,94)(H,95,96)/b25-21-,26-22-,32-28-,36-33-,37-34-,42-40-,43-41-,44-35-,53-49-,54-50-,65-61-,66-62-/t81-,82+,83+/m0/s1. The highest BCUT2D eigenvalue weighted by molar-refractivity contribution is 7.47. The zero-order valence-electron chi connectivity index (χ0n) is 66.3. The van der Waals surface area contributed by atoms with Crippen LogP contribution >= 0.6 is 15.6 Å². The molecule has 0 amide bonds. The number of hydrogen-bond acceptors (Lipinski definition) is 15. The Hall–Kier alpha value is -5.06. The lowest BCUT2D eigenvalue weighted by Gasteiger charge is -2.21. The fraction of sp³-hybridized carbons (Fsp3) is 0.678. The third kappa shape index (κ3) is 77.1. The fourth-order valence-corrected chi connectivity index (χ4v) is 12.0. The maximum Gasteiger partial charge on any atom is 0.472 e. The summed E-state index contributed by atoms with van der Waals surface area (Å²) in [6.45, 7) is 4.62. The van der Waals surface area contributed by atoms with Gasteiger partial charge in [0.1, 0.15) is 19.3 Å². The van der Waals surface area contributed by atoms with Crippen molar-refractivity contribution in [1.29, 1.82) is 0 Å². The number of ether oxygens (including phenoxy) is 4. The molecule has 17 nitrogen and oxygen atoms in total. The first-order valence-electron chi connectivity index (χ1n) is 41.1. The highest BCUT2D eigenvalue weighted by atomic mass is 31.2. The van der Waals surface area contributed by atoms with Gasteiger partial charge in [0.25, 0.3) is 0 Å². The normalized spacial score (nSPS) is 14.6. The minimum atomic E-state index is -5.01. The number of rotatable bonds is 76. The summed E-state index contributed by atoms with van der Waals surface area (Å²) in [4.78, 5) is 73.0. The highest BCUT2D eigenvalue weighted by Crippen LogP contribution is 2.45. The molecule has 0 heterocycles. The van der Waals surface area contributed by atoms with Crippen molar-refractivity contribution in [3.63, 3.8) is 0 Å². The molecule has 106 heavy (non-hydrogen) atoms. The number of phosphoric ester groups is 2. The van der Waals surface area contributed by atoms with Crippen molar-refractivity contribution in [3.8, 4) is 0 Å². The summed E-state index contributed by atoms with van der Waals surface area (Å²) in [6, 6.07) is 0. The zero-order valence-corrected chi connectivity index (χ0v) is 68.1.